The van der Waals surface area contributed by atoms with Gasteiger partial charge in [-0.3, -0.25) is 9.59 Å². The van der Waals surface area contributed by atoms with Gasteiger partial charge in [0.2, 0.25) is 0 Å². The lowest BCUT2D eigenvalue weighted by atomic mass is 10.0. The number of nitrogens with one attached hydrogen (secondary N) is 1. The minimum atomic E-state index is -0.233. The SMILES string of the molecule is CCCCCOc1ccc(C(=O)Nc2cccc(C)c2C(=O)N2CCCC2)cc1. The van der Waals surface area contributed by atoms with Crippen molar-refractivity contribution in [1.29, 1.82) is 0 Å². The average molecular weight is 395 g/mol. The predicted molar refractivity (Wildman–Crippen MR) is 116 cm³/mol. The van der Waals surface area contributed by atoms with Crippen LogP contribution in [0.5, 0.6) is 5.75 Å². The number of benzene rings is 2. The van der Waals surface area contributed by atoms with E-state index < -0.39 is 0 Å². The molecule has 0 aromatic heterocycles. The first-order chi connectivity index (χ1) is 14.1. The molecule has 0 spiro atoms. The molecule has 1 saturated heterocycles. The molecule has 2 amide bonds. The Hall–Kier alpha value is -2.82. The standard InChI is InChI=1S/C24H30N2O3/c1-3-4-7-17-29-20-13-11-19(12-14-20)23(27)25-21-10-8-9-18(2)22(21)24(28)26-15-5-6-16-26/h8-14H,3-7,15-17H2,1-2H3,(H,25,27). The summed E-state index contributed by atoms with van der Waals surface area (Å²) >= 11 is 0. The fourth-order valence-electron chi connectivity index (χ4n) is 3.57. The molecule has 0 aliphatic carbocycles. The van der Waals surface area contributed by atoms with Crippen molar-refractivity contribution in [3.05, 3.63) is 59.2 Å². The normalized spacial score (nSPS) is 13.4. The second-order valence-corrected chi connectivity index (χ2v) is 7.53. The van der Waals surface area contributed by atoms with Crippen LogP contribution in [0, 0.1) is 6.92 Å². The zero-order chi connectivity index (χ0) is 20.6. The molecule has 0 bridgehead atoms. The quantitative estimate of drug-likeness (QED) is 0.637. The number of nitrogens with zero attached hydrogens (tertiary/aromatic N) is 1. The average Bonchev–Trinajstić information content (AvgIpc) is 3.26. The summed E-state index contributed by atoms with van der Waals surface area (Å²) in [5.41, 5.74) is 2.55. The molecule has 2 aromatic carbocycles. The Morgan fingerprint density at radius 3 is 2.45 bits per heavy atom. The summed E-state index contributed by atoms with van der Waals surface area (Å²) < 4.78 is 5.70. The molecule has 3 rings (SSSR count). The van der Waals surface area contributed by atoms with Crippen molar-refractivity contribution in [2.45, 2.75) is 46.0 Å². The van der Waals surface area contributed by atoms with Crippen LogP contribution in [-0.4, -0.2) is 36.4 Å². The van der Waals surface area contributed by atoms with Crippen LogP contribution in [0.15, 0.2) is 42.5 Å². The maximum absolute atomic E-state index is 13.0. The second kappa shape index (κ2) is 10.1. The Kier molecular flexibility index (Phi) is 7.28. The van der Waals surface area contributed by atoms with E-state index >= 15 is 0 Å². The lowest BCUT2D eigenvalue weighted by Crippen LogP contribution is -2.29. The number of aryl methyl sites for hydroxylation is 1. The van der Waals surface area contributed by atoms with Gasteiger partial charge in [0.25, 0.3) is 11.8 Å². The minimum Gasteiger partial charge on any atom is -0.494 e. The Labute approximate surface area is 173 Å². The van der Waals surface area contributed by atoms with Crippen LogP contribution < -0.4 is 10.1 Å². The number of carbonyl (C=O) groups excluding carboxylic acids is 2. The lowest BCUT2D eigenvalue weighted by Gasteiger charge is -2.19. The van der Waals surface area contributed by atoms with Crippen molar-refractivity contribution in [2.24, 2.45) is 0 Å². The van der Waals surface area contributed by atoms with E-state index in [1.807, 2.05) is 36.1 Å². The molecule has 0 saturated carbocycles. The van der Waals surface area contributed by atoms with E-state index in [-0.39, 0.29) is 11.8 Å². The van der Waals surface area contributed by atoms with Crippen molar-refractivity contribution in [1.82, 2.24) is 4.90 Å². The Balaban J connectivity index is 1.69. The number of amides is 2. The van der Waals surface area contributed by atoms with Crippen LogP contribution in [0.4, 0.5) is 5.69 Å². The van der Waals surface area contributed by atoms with Crippen LogP contribution in [0.3, 0.4) is 0 Å². The molecule has 154 valence electrons. The maximum atomic E-state index is 13.0. The summed E-state index contributed by atoms with van der Waals surface area (Å²) in [4.78, 5) is 27.6. The molecule has 5 nitrogen and oxygen atoms in total. The second-order valence-electron chi connectivity index (χ2n) is 7.53. The van der Waals surface area contributed by atoms with Gasteiger partial charge >= 0.3 is 0 Å². The Bertz CT molecular complexity index is 840. The molecular formula is C24H30N2O3. The molecule has 5 heteroatoms. The highest BCUT2D eigenvalue weighted by Crippen LogP contribution is 2.24. The van der Waals surface area contributed by atoms with Gasteiger partial charge in [-0.25, -0.2) is 0 Å². The highest BCUT2D eigenvalue weighted by molar-refractivity contribution is 6.09. The minimum absolute atomic E-state index is 0.00766. The molecule has 2 aromatic rings. The smallest absolute Gasteiger partial charge is 0.256 e. The highest BCUT2D eigenvalue weighted by atomic mass is 16.5. The predicted octanol–water partition coefficient (Wildman–Crippen LogP) is 5.05. The molecular weight excluding hydrogens is 364 g/mol. The van der Waals surface area contributed by atoms with Crippen molar-refractivity contribution < 1.29 is 14.3 Å². The monoisotopic (exact) mass is 394 g/mol. The van der Waals surface area contributed by atoms with Crippen LogP contribution in [0.25, 0.3) is 0 Å². The van der Waals surface area contributed by atoms with Gasteiger partial charge in [0.15, 0.2) is 0 Å². The third-order valence-electron chi connectivity index (χ3n) is 5.26. The van der Waals surface area contributed by atoms with Crippen molar-refractivity contribution >= 4 is 17.5 Å². The molecule has 0 radical (unpaired) electrons. The largest absolute Gasteiger partial charge is 0.494 e. The summed E-state index contributed by atoms with van der Waals surface area (Å²) in [6.07, 6.45) is 5.40. The number of rotatable bonds is 8. The number of unbranched alkanes of at least 4 members (excludes halogenated alkanes) is 2. The number of hydrogen-bond donors (Lipinski definition) is 1. The molecule has 0 unspecified atom stereocenters. The summed E-state index contributed by atoms with van der Waals surface area (Å²) in [5.74, 6) is 0.522. The van der Waals surface area contributed by atoms with Gasteiger partial charge in [0.1, 0.15) is 5.75 Å². The Morgan fingerprint density at radius 2 is 1.76 bits per heavy atom. The maximum Gasteiger partial charge on any atom is 0.256 e. The number of carbonyl (C=O) groups is 2. The summed E-state index contributed by atoms with van der Waals surface area (Å²) in [6.45, 7) is 6.31. The van der Waals surface area contributed by atoms with Crippen LogP contribution in [0.1, 0.15) is 65.3 Å². The van der Waals surface area contributed by atoms with Crippen molar-refractivity contribution in [2.75, 3.05) is 25.0 Å². The van der Waals surface area contributed by atoms with Gasteiger partial charge in [0, 0.05) is 18.7 Å². The number of ether oxygens (including phenoxy) is 1. The molecule has 0 atom stereocenters. The topological polar surface area (TPSA) is 58.6 Å². The first-order valence-corrected chi connectivity index (χ1v) is 10.5. The van der Waals surface area contributed by atoms with Crippen molar-refractivity contribution in [3.8, 4) is 5.75 Å². The third-order valence-corrected chi connectivity index (χ3v) is 5.26. The summed E-state index contributed by atoms with van der Waals surface area (Å²) in [6, 6.07) is 12.7. The van der Waals surface area contributed by atoms with Gasteiger partial charge in [-0.2, -0.15) is 0 Å². The van der Waals surface area contributed by atoms with Gasteiger partial charge < -0.3 is 15.0 Å². The molecule has 1 heterocycles. The van der Waals surface area contributed by atoms with Gasteiger partial charge in [-0.05, 0) is 62.1 Å². The van der Waals surface area contributed by atoms with Crippen LogP contribution >= 0.6 is 0 Å². The Morgan fingerprint density at radius 1 is 1.03 bits per heavy atom. The van der Waals surface area contributed by atoms with Crippen LogP contribution in [-0.2, 0) is 0 Å². The van der Waals surface area contributed by atoms with E-state index in [2.05, 4.69) is 12.2 Å². The number of hydrogen-bond acceptors (Lipinski definition) is 3. The van der Waals surface area contributed by atoms with E-state index in [9.17, 15) is 9.59 Å². The molecule has 29 heavy (non-hydrogen) atoms. The zero-order valence-corrected chi connectivity index (χ0v) is 17.4. The first kappa shape index (κ1) is 20.9. The molecule has 1 aliphatic rings. The number of anilines is 1. The van der Waals surface area contributed by atoms with E-state index in [4.69, 9.17) is 4.74 Å². The van der Waals surface area contributed by atoms with Crippen molar-refractivity contribution in [3.63, 3.8) is 0 Å². The van der Waals surface area contributed by atoms with E-state index in [0.29, 0.717) is 23.4 Å². The van der Waals surface area contributed by atoms with Crippen LogP contribution in [0.2, 0.25) is 0 Å². The van der Waals surface area contributed by atoms with Gasteiger partial charge in [-0.1, -0.05) is 31.9 Å². The number of likely N-dealkylation sites (tertiary alicyclic amines) is 1. The first-order valence-electron chi connectivity index (χ1n) is 10.5. The van der Waals surface area contributed by atoms with E-state index in [1.165, 1.54) is 0 Å². The summed E-state index contributed by atoms with van der Waals surface area (Å²) in [5, 5.41) is 2.92. The van der Waals surface area contributed by atoms with E-state index in [1.54, 1.807) is 18.2 Å². The molecule has 1 aliphatic heterocycles. The summed E-state index contributed by atoms with van der Waals surface area (Å²) in [7, 11) is 0. The molecule has 1 N–H and O–H groups in total. The molecule has 1 fully saturated rings. The van der Waals surface area contributed by atoms with E-state index in [0.717, 1.165) is 56.5 Å². The fraction of sp³-hybridized carbons (Fsp3) is 0.417. The fourth-order valence-corrected chi connectivity index (χ4v) is 3.57. The van der Waals surface area contributed by atoms with Gasteiger partial charge in [0.05, 0.1) is 17.9 Å². The zero-order valence-electron chi connectivity index (χ0n) is 17.4. The van der Waals surface area contributed by atoms with Gasteiger partial charge in [-0.15, -0.1) is 0 Å². The third kappa shape index (κ3) is 5.37. The highest BCUT2D eigenvalue weighted by Gasteiger charge is 2.24. The lowest BCUT2D eigenvalue weighted by molar-refractivity contribution is 0.0793.